The minimum absolute atomic E-state index is 0.109. The summed E-state index contributed by atoms with van der Waals surface area (Å²) in [4.78, 5) is 40.3. The first-order chi connectivity index (χ1) is 11.9. The van der Waals surface area contributed by atoms with Crippen LogP contribution in [0.15, 0.2) is 36.4 Å². The third kappa shape index (κ3) is 3.25. The third-order valence-electron chi connectivity index (χ3n) is 3.95. The van der Waals surface area contributed by atoms with Gasteiger partial charge in [0.1, 0.15) is 4.88 Å². The number of hydrogen-bond acceptors (Lipinski definition) is 5. The number of aromatic nitrogens is 1. The number of aromatic amines is 1. The molecule has 5 nitrogen and oxygen atoms in total. The Hall–Kier alpha value is -2.73. The number of carbonyl (C=O) groups excluding carboxylic acids is 3. The first-order valence-electron chi connectivity index (χ1n) is 7.81. The number of ketones is 2. The van der Waals surface area contributed by atoms with Crippen molar-refractivity contribution in [1.29, 1.82) is 0 Å². The van der Waals surface area contributed by atoms with Gasteiger partial charge in [0.2, 0.25) is 5.78 Å². The Morgan fingerprint density at radius 2 is 1.76 bits per heavy atom. The van der Waals surface area contributed by atoms with E-state index in [0.717, 1.165) is 27.9 Å². The van der Waals surface area contributed by atoms with E-state index in [1.807, 2.05) is 31.2 Å². The molecule has 6 heteroatoms. The second-order valence-electron chi connectivity index (χ2n) is 5.80. The molecule has 0 saturated carbocycles. The van der Waals surface area contributed by atoms with E-state index in [4.69, 9.17) is 4.74 Å². The lowest BCUT2D eigenvalue weighted by atomic mass is 10.0. The summed E-state index contributed by atoms with van der Waals surface area (Å²) in [5.41, 5.74) is 2.14. The van der Waals surface area contributed by atoms with E-state index in [-0.39, 0.29) is 11.6 Å². The number of benzene rings is 1. The largest absolute Gasteiger partial charge is 0.450 e. The number of thiophene rings is 1. The molecule has 1 atom stereocenters. The fourth-order valence-electron chi connectivity index (χ4n) is 2.71. The van der Waals surface area contributed by atoms with E-state index in [2.05, 4.69) is 4.98 Å². The third-order valence-corrected chi connectivity index (χ3v) is 5.11. The van der Waals surface area contributed by atoms with E-state index >= 15 is 0 Å². The smallest absolute Gasteiger partial charge is 0.349 e. The Balaban J connectivity index is 1.81. The van der Waals surface area contributed by atoms with Crippen molar-refractivity contribution in [1.82, 2.24) is 4.98 Å². The molecule has 0 aliphatic heterocycles. The van der Waals surface area contributed by atoms with Crippen LogP contribution in [0, 0.1) is 6.92 Å². The molecule has 0 saturated heterocycles. The highest BCUT2D eigenvalue weighted by molar-refractivity contribution is 7.15. The highest BCUT2D eigenvalue weighted by Crippen LogP contribution is 2.25. The molecule has 0 aliphatic carbocycles. The number of carbonyl (C=O) groups is 3. The van der Waals surface area contributed by atoms with Gasteiger partial charge in [-0.15, -0.1) is 11.3 Å². The number of H-pyrrole nitrogens is 1. The minimum atomic E-state index is -0.923. The zero-order valence-electron chi connectivity index (χ0n) is 14.1. The summed E-state index contributed by atoms with van der Waals surface area (Å²) in [7, 11) is 0. The molecular formula is C19H17NO4S. The van der Waals surface area contributed by atoms with Gasteiger partial charge in [-0.25, -0.2) is 4.79 Å². The van der Waals surface area contributed by atoms with Gasteiger partial charge in [0.25, 0.3) is 0 Å². The van der Waals surface area contributed by atoms with Crippen LogP contribution in [0.25, 0.3) is 10.9 Å². The van der Waals surface area contributed by atoms with Gasteiger partial charge in [0, 0.05) is 22.2 Å². The molecule has 128 valence electrons. The standard InChI is InChI=1S/C19H17NO4S/c1-10-17(13-6-4-5-7-14(13)20-10)18(22)12(3)24-19(23)16-9-8-15(25-16)11(2)21/h4-9,12,20H,1-3H3/t12-/m1/s1. The number of nitrogens with one attached hydrogen (secondary N) is 1. The lowest BCUT2D eigenvalue weighted by molar-refractivity contribution is 0.0324. The summed E-state index contributed by atoms with van der Waals surface area (Å²) < 4.78 is 5.32. The number of Topliss-reactive ketones (excluding diaryl/α,β-unsaturated/α-hetero) is 2. The molecule has 0 fully saturated rings. The summed E-state index contributed by atoms with van der Waals surface area (Å²) >= 11 is 1.06. The molecule has 3 rings (SSSR count). The van der Waals surface area contributed by atoms with Crippen LogP contribution in [0.2, 0.25) is 0 Å². The van der Waals surface area contributed by atoms with Crippen LogP contribution >= 0.6 is 11.3 Å². The molecule has 2 heterocycles. The fourth-order valence-corrected chi connectivity index (χ4v) is 3.49. The molecule has 1 N–H and O–H groups in total. The maximum Gasteiger partial charge on any atom is 0.349 e. The fraction of sp³-hybridized carbons (Fsp3) is 0.211. The Morgan fingerprint density at radius 1 is 1.08 bits per heavy atom. The zero-order chi connectivity index (χ0) is 18.1. The van der Waals surface area contributed by atoms with Crippen LogP contribution in [-0.4, -0.2) is 28.6 Å². The predicted octanol–water partition coefficient (Wildman–Crippen LogP) is 4.17. The second-order valence-corrected chi connectivity index (χ2v) is 6.89. The molecule has 0 radical (unpaired) electrons. The van der Waals surface area contributed by atoms with Gasteiger partial charge in [0.05, 0.1) is 4.88 Å². The number of esters is 1. The van der Waals surface area contributed by atoms with E-state index in [0.29, 0.717) is 15.3 Å². The normalized spacial score (nSPS) is 12.1. The number of fused-ring (bicyclic) bond motifs is 1. The van der Waals surface area contributed by atoms with Crippen molar-refractivity contribution in [2.24, 2.45) is 0 Å². The topological polar surface area (TPSA) is 76.2 Å². The monoisotopic (exact) mass is 355 g/mol. The minimum Gasteiger partial charge on any atom is -0.450 e. The van der Waals surface area contributed by atoms with Crippen molar-refractivity contribution in [3.63, 3.8) is 0 Å². The maximum atomic E-state index is 12.8. The van der Waals surface area contributed by atoms with E-state index in [1.165, 1.54) is 13.0 Å². The van der Waals surface area contributed by atoms with E-state index < -0.39 is 12.1 Å². The molecule has 1 aromatic carbocycles. The summed E-state index contributed by atoms with van der Waals surface area (Å²) in [6.45, 7) is 4.81. The maximum absolute atomic E-state index is 12.8. The van der Waals surface area contributed by atoms with Crippen molar-refractivity contribution >= 4 is 39.8 Å². The number of ether oxygens (including phenoxy) is 1. The Bertz CT molecular complexity index is 982. The van der Waals surface area contributed by atoms with Crippen molar-refractivity contribution in [2.45, 2.75) is 26.9 Å². The van der Waals surface area contributed by atoms with Crippen LogP contribution < -0.4 is 0 Å². The van der Waals surface area contributed by atoms with Gasteiger partial charge in [-0.2, -0.15) is 0 Å². The molecule has 0 aliphatic rings. The van der Waals surface area contributed by atoms with Crippen LogP contribution in [0.3, 0.4) is 0 Å². The Kier molecular flexibility index (Phi) is 4.55. The predicted molar refractivity (Wildman–Crippen MR) is 96.6 cm³/mol. The van der Waals surface area contributed by atoms with Crippen LogP contribution in [0.1, 0.15) is 49.2 Å². The van der Waals surface area contributed by atoms with Crippen LogP contribution in [0.4, 0.5) is 0 Å². The molecule has 0 amide bonds. The van der Waals surface area contributed by atoms with Gasteiger partial charge in [-0.1, -0.05) is 18.2 Å². The lowest BCUT2D eigenvalue weighted by Gasteiger charge is -2.12. The van der Waals surface area contributed by atoms with Gasteiger partial charge < -0.3 is 9.72 Å². The van der Waals surface area contributed by atoms with Crippen LogP contribution in [-0.2, 0) is 4.74 Å². The SMILES string of the molecule is CC(=O)c1ccc(C(=O)O[C@H](C)C(=O)c2c(C)[nH]c3ccccc23)s1. The Labute approximate surface area is 148 Å². The van der Waals surface area contributed by atoms with Crippen molar-refractivity contribution < 1.29 is 19.1 Å². The van der Waals surface area contributed by atoms with Crippen LogP contribution in [0.5, 0.6) is 0 Å². The molecule has 25 heavy (non-hydrogen) atoms. The average Bonchev–Trinajstić information content (AvgIpc) is 3.18. The highest BCUT2D eigenvalue weighted by atomic mass is 32.1. The molecule has 0 unspecified atom stereocenters. The lowest BCUT2D eigenvalue weighted by Crippen LogP contribution is -2.24. The number of para-hydroxylation sites is 1. The highest BCUT2D eigenvalue weighted by Gasteiger charge is 2.25. The summed E-state index contributed by atoms with van der Waals surface area (Å²) in [5.74, 6) is -0.968. The Morgan fingerprint density at radius 3 is 2.44 bits per heavy atom. The molecular weight excluding hydrogens is 338 g/mol. The van der Waals surface area contributed by atoms with Gasteiger partial charge >= 0.3 is 5.97 Å². The number of rotatable bonds is 5. The van der Waals surface area contributed by atoms with Crippen molar-refractivity contribution in [3.05, 3.63) is 57.4 Å². The quantitative estimate of drug-likeness (QED) is 0.550. The van der Waals surface area contributed by atoms with Crippen molar-refractivity contribution in [2.75, 3.05) is 0 Å². The second kappa shape index (κ2) is 6.64. The van der Waals surface area contributed by atoms with Crippen molar-refractivity contribution in [3.8, 4) is 0 Å². The first-order valence-corrected chi connectivity index (χ1v) is 8.63. The summed E-state index contributed by atoms with van der Waals surface area (Å²) in [6, 6.07) is 10.6. The average molecular weight is 355 g/mol. The van der Waals surface area contributed by atoms with E-state index in [9.17, 15) is 14.4 Å². The summed E-state index contributed by atoms with van der Waals surface area (Å²) in [6.07, 6.45) is -0.923. The first kappa shape index (κ1) is 17.1. The number of hydrogen-bond donors (Lipinski definition) is 1. The van der Waals surface area contributed by atoms with Gasteiger partial charge in [-0.3, -0.25) is 9.59 Å². The molecule has 0 bridgehead atoms. The zero-order valence-corrected chi connectivity index (χ0v) is 14.9. The van der Waals surface area contributed by atoms with E-state index in [1.54, 1.807) is 13.0 Å². The molecule has 0 spiro atoms. The summed E-state index contributed by atoms with van der Waals surface area (Å²) in [5, 5.41) is 0.808. The number of aryl methyl sites for hydroxylation is 1. The molecule has 2 aromatic heterocycles. The van der Waals surface area contributed by atoms with Gasteiger partial charge in [-0.05, 0) is 39.0 Å². The molecule has 3 aromatic rings. The van der Waals surface area contributed by atoms with Gasteiger partial charge in [0.15, 0.2) is 11.9 Å².